The van der Waals surface area contributed by atoms with E-state index < -0.39 is 0 Å². The zero-order chi connectivity index (χ0) is 19.1. The third-order valence-electron chi connectivity index (χ3n) is 6.62. The minimum Gasteiger partial charge on any atom is -0.356 e. The number of carbonyl (C=O) groups excluding carboxylic acids is 1. The molecule has 3 fully saturated rings. The summed E-state index contributed by atoms with van der Waals surface area (Å²) in [4.78, 5) is 21.6. The zero-order valence-electron chi connectivity index (χ0n) is 17.4. The van der Waals surface area contributed by atoms with Crippen molar-refractivity contribution in [1.29, 1.82) is 0 Å². The highest BCUT2D eigenvalue weighted by Gasteiger charge is 2.32. The van der Waals surface area contributed by atoms with Crippen molar-refractivity contribution in [1.82, 2.24) is 20.4 Å². The first-order valence-electron chi connectivity index (χ1n) is 11.2. The Balaban J connectivity index is 1.33. The summed E-state index contributed by atoms with van der Waals surface area (Å²) in [6.07, 6.45) is 10.9. The topological polar surface area (TPSA) is 60.0 Å². The summed E-state index contributed by atoms with van der Waals surface area (Å²) in [6, 6.07) is 1.06. The van der Waals surface area contributed by atoms with Crippen molar-refractivity contribution in [3.8, 4) is 0 Å². The summed E-state index contributed by atoms with van der Waals surface area (Å²) in [5.41, 5.74) is 0. The summed E-state index contributed by atoms with van der Waals surface area (Å²) in [5, 5.41) is 6.98. The van der Waals surface area contributed by atoms with Crippen molar-refractivity contribution in [3.05, 3.63) is 0 Å². The van der Waals surface area contributed by atoms with Crippen LogP contribution in [0.15, 0.2) is 4.99 Å². The van der Waals surface area contributed by atoms with E-state index in [0.717, 1.165) is 63.9 Å². The third kappa shape index (κ3) is 5.84. The van der Waals surface area contributed by atoms with Crippen LogP contribution in [0.5, 0.6) is 0 Å². The lowest BCUT2D eigenvalue weighted by atomic mass is 10.0. The van der Waals surface area contributed by atoms with Gasteiger partial charge in [0.15, 0.2) is 5.96 Å². The van der Waals surface area contributed by atoms with Gasteiger partial charge in [-0.1, -0.05) is 19.3 Å². The Kier molecular flexibility index (Phi) is 7.80. The molecule has 2 atom stereocenters. The number of likely N-dealkylation sites (tertiary alicyclic amines) is 2. The van der Waals surface area contributed by atoms with Gasteiger partial charge in [0.05, 0.1) is 0 Å². The van der Waals surface area contributed by atoms with Gasteiger partial charge in [-0.15, -0.1) is 0 Å². The van der Waals surface area contributed by atoms with Crippen LogP contribution in [0.25, 0.3) is 0 Å². The number of carbonyl (C=O) groups is 1. The fourth-order valence-electron chi connectivity index (χ4n) is 4.88. The third-order valence-corrected chi connectivity index (χ3v) is 6.62. The van der Waals surface area contributed by atoms with Crippen LogP contribution in [0, 0.1) is 5.92 Å². The second-order valence-electron chi connectivity index (χ2n) is 8.63. The molecule has 2 aliphatic heterocycles. The molecule has 0 aromatic rings. The number of aliphatic imine (C=N–C) groups is 1. The molecule has 2 N–H and O–H groups in total. The molecule has 154 valence electrons. The second-order valence-corrected chi connectivity index (χ2v) is 8.63. The van der Waals surface area contributed by atoms with Crippen molar-refractivity contribution in [3.63, 3.8) is 0 Å². The summed E-state index contributed by atoms with van der Waals surface area (Å²) < 4.78 is 0. The fourth-order valence-corrected chi connectivity index (χ4v) is 4.88. The molecule has 3 rings (SSSR count). The van der Waals surface area contributed by atoms with Crippen molar-refractivity contribution in [2.24, 2.45) is 10.9 Å². The van der Waals surface area contributed by atoms with E-state index >= 15 is 0 Å². The summed E-state index contributed by atoms with van der Waals surface area (Å²) >= 11 is 0. The van der Waals surface area contributed by atoms with Gasteiger partial charge in [0, 0.05) is 51.2 Å². The largest absolute Gasteiger partial charge is 0.356 e. The van der Waals surface area contributed by atoms with Gasteiger partial charge < -0.3 is 20.4 Å². The van der Waals surface area contributed by atoms with Gasteiger partial charge in [0.2, 0.25) is 5.91 Å². The first-order chi connectivity index (χ1) is 13.2. The average Bonchev–Trinajstić information content (AvgIpc) is 3.37. The molecule has 2 unspecified atom stereocenters. The van der Waals surface area contributed by atoms with Crippen molar-refractivity contribution in [2.45, 2.75) is 76.8 Å². The summed E-state index contributed by atoms with van der Waals surface area (Å²) in [5.74, 6) is 1.55. The molecule has 0 aromatic carbocycles. The molecule has 0 spiro atoms. The quantitative estimate of drug-likeness (QED) is 0.423. The Morgan fingerprint density at radius 2 is 1.85 bits per heavy atom. The monoisotopic (exact) mass is 377 g/mol. The number of amides is 1. The summed E-state index contributed by atoms with van der Waals surface area (Å²) in [6.45, 7) is 7.42. The van der Waals surface area contributed by atoms with Crippen LogP contribution >= 0.6 is 0 Å². The normalized spacial score (nSPS) is 27.9. The fraction of sp³-hybridized carbons (Fsp3) is 0.905. The van der Waals surface area contributed by atoms with E-state index in [4.69, 9.17) is 0 Å². The lowest BCUT2D eigenvalue weighted by molar-refractivity contribution is -0.134. The predicted octanol–water partition coefficient (Wildman–Crippen LogP) is 2.21. The van der Waals surface area contributed by atoms with E-state index in [2.05, 4.69) is 32.3 Å². The smallest absolute Gasteiger partial charge is 0.225 e. The summed E-state index contributed by atoms with van der Waals surface area (Å²) in [7, 11) is 1.83. The van der Waals surface area contributed by atoms with Gasteiger partial charge in [0.1, 0.15) is 0 Å². The SMILES string of the molecule is CN=C(NCCCN1CCCCC1C)NC1CCN(C(=O)C2CCCC2)C1. The molecule has 2 heterocycles. The Morgan fingerprint density at radius 3 is 2.59 bits per heavy atom. The van der Waals surface area contributed by atoms with Gasteiger partial charge >= 0.3 is 0 Å². The lowest BCUT2D eigenvalue weighted by Gasteiger charge is -2.33. The Bertz CT molecular complexity index is 503. The molecular formula is C21H39N5O. The van der Waals surface area contributed by atoms with Crippen LogP contribution in [0.4, 0.5) is 0 Å². The van der Waals surface area contributed by atoms with Gasteiger partial charge in [-0.2, -0.15) is 0 Å². The lowest BCUT2D eigenvalue weighted by Crippen LogP contribution is -2.46. The maximum atomic E-state index is 12.6. The van der Waals surface area contributed by atoms with Gasteiger partial charge in [-0.25, -0.2) is 0 Å². The first-order valence-corrected chi connectivity index (χ1v) is 11.2. The van der Waals surface area contributed by atoms with Gasteiger partial charge in [0.25, 0.3) is 0 Å². The molecule has 6 heteroatoms. The zero-order valence-corrected chi connectivity index (χ0v) is 17.4. The molecule has 0 aromatic heterocycles. The number of hydrogen-bond donors (Lipinski definition) is 2. The minimum absolute atomic E-state index is 0.290. The van der Waals surface area contributed by atoms with Crippen molar-refractivity contribution < 1.29 is 4.79 Å². The number of hydrogen-bond acceptors (Lipinski definition) is 3. The van der Waals surface area contributed by atoms with Gasteiger partial charge in [-0.3, -0.25) is 9.79 Å². The molecule has 0 bridgehead atoms. The molecule has 6 nitrogen and oxygen atoms in total. The van der Waals surface area contributed by atoms with E-state index in [1.807, 2.05) is 7.05 Å². The average molecular weight is 378 g/mol. The van der Waals surface area contributed by atoms with E-state index in [9.17, 15) is 4.79 Å². The number of guanidine groups is 1. The van der Waals surface area contributed by atoms with E-state index in [0.29, 0.717) is 17.9 Å². The molecule has 3 aliphatic rings. The molecule has 1 saturated carbocycles. The number of nitrogens with one attached hydrogen (secondary N) is 2. The highest BCUT2D eigenvalue weighted by molar-refractivity contribution is 5.81. The maximum Gasteiger partial charge on any atom is 0.225 e. The molecule has 1 aliphatic carbocycles. The first kappa shape index (κ1) is 20.4. The van der Waals surface area contributed by atoms with Crippen LogP contribution in [0.1, 0.15) is 64.7 Å². The van der Waals surface area contributed by atoms with Gasteiger partial charge in [-0.05, 0) is 52.0 Å². The van der Waals surface area contributed by atoms with Crippen molar-refractivity contribution in [2.75, 3.05) is 39.8 Å². The van der Waals surface area contributed by atoms with Crippen molar-refractivity contribution >= 4 is 11.9 Å². The number of nitrogens with zero attached hydrogens (tertiary/aromatic N) is 3. The van der Waals surface area contributed by atoms with Crippen LogP contribution in [0.2, 0.25) is 0 Å². The molecule has 1 amide bonds. The molecule has 2 saturated heterocycles. The Morgan fingerprint density at radius 1 is 1.07 bits per heavy atom. The number of rotatable bonds is 6. The van der Waals surface area contributed by atoms with E-state index in [-0.39, 0.29) is 0 Å². The molecule has 27 heavy (non-hydrogen) atoms. The molecular weight excluding hydrogens is 338 g/mol. The van der Waals surface area contributed by atoms with Crippen LogP contribution in [0.3, 0.4) is 0 Å². The Labute approximate surface area is 165 Å². The van der Waals surface area contributed by atoms with E-state index in [1.165, 1.54) is 38.6 Å². The molecule has 0 radical (unpaired) electrons. The number of piperidine rings is 1. The van der Waals surface area contributed by atoms with E-state index in [1.54, 1.807) is 0 Å². The van der Waals surface area contributed by atoms with Crippen LogP contribution < -0.4 is 10.6 Å². The highest BCUT2D eigenvalue weighted by atomic mass is 16.2. The second kappa shape index (κ2) is 10.3. The highest BCUT2D eigenvalue weighted by Crippen LogP contribution is 2.27. The standard InChI is InChI=1S/C21H39N5O/c1-17-8-5-6-13-25(17)14-7-12-23-21(22-2)24-19-11-15-26(16-19)20(27)18-9-3-4-10-18/h17-19H,3-16H2,1-2H3,(H2,22,23,24). The minimum atomic E-state index is 0.290. The predicted molar refractivity (Wildman–Crippen MR) is 111 cm³/mol. The van der Waals surface area contributed by atoms with Crippen LogP contribution in [-0.4, -0.2) is 73.5 Å². The van der Waals surface area contributed by atoms with Crippen LogP contribution in [-0.2, 0) is 4.79 Å². The Hall–Kier alpha value is -1.30. The maximum absolute atomic E-state index is 12.6.